The van der Waals surface area contributed by atoms with Crippen molar-refractivity contribution < 1.29 is 22.4 Å². The van der Waals surface area contributed by atoms with Crippen LogP contribution < -0.4 is 14.4 Å². The maximum absolute atomic E-state index is 13.3. The van der Waals surface area contributed by atoms with Crippen LogP contribution in [0.3, 0.4) is 0 Å². The van der Waals surface area contributed by atoms with Crippen molar-refractivity contribution in [1.29, 1.82) is 5.26 Å². The van der Waals surface area contributed by atoms with Crippen LogP contribution in [0.5, 0.6) is 5.75 Å². The largest absolute Gasteiger partial charge is 0.494 e. The highest BCUT2D eigenvalue weighted by molar-refractivity contribution is 7.92. The molecule has 10 nitrogen and oxygen atoms in total. The number of hydrogen-bond donors (Lipinski definition) is 1. The topological polar surface area (TPSA) is 130 Å². The minimum absolute atomic E-state index is 0.321. The van der Waals surface area contributed by atoms with Crippen LogP contribution in [0.1, 0.15) is 21.5 Å². The third-order valence-electron chi connectivity index (χ3n) is 8.18. The fourth-order valence-corrected chi connectivity index (χ4v) is 6.13. The van der Waals surface area contributed by atoms with Crippen molar-refractivity contribution in [3.8, 4) is 45.8 Å². The lowest BCUT2D eigenvalue weighted by molar-refractivity contribution is 0.0964. The van der Waals surface area contributed by atoms with Crippen molar-refractivity contribution in [2.45, 2.75) is 6.92 Å². The lowest BCUT2D eigenvalue weighted by Crippen LogP contribution is -2.25. The van der Waals surface area contributed by atoms with Gasteiger partial charge >= 0.3 is 0 Å². The highest BCUT2D eigenvalue weighted by atomic mass is 32.2. The summed E-state index contributed by atoms with van der Waals surface area (Å²) in [6.45, 7) is 1.97. The number of ether oxygens (including phenoxy) is 1. The first-order valence-corrected chi connectivity index (χ1v) is 16.2. The summed E-state index contributed by atoms with van der Waals surface area (Å²) in [6.07, 6.45) is 1.12. The smallest absolute Gasteiger partial charge is 0.255 e. The molecule has 6 rings (SSSR count). The first kappa shape index (κ1) is 30.4. The van der Waals surface area contributed by atoms with E-state index < -0.39 is 10.0 Å². The Morgan fingerprint density at radius 3 is 2.46 bits per heavy atom. The zero-order valence-corrected chi connectivity index (χ0v) is 27.0. The molecule has 46 heavy (non-hydrogen) atoms. The maximum Gasteiger partial charge on any atom is 0.255 e. The van der Waals surface area contributed by atoms with Crippen LogP contribution in [0.25, 0.3) is 55.8 Å². The number of carbonyl (C=O) groups excluding carboxylic acids is 1. The van der Waals surface area contributed by atoms with Gasteiger partial charge in [0.25, 0.3) is 5.91 Å². The van der Waals surface area contributed by atoms with Crippen LogP contribution >= 0.6 is 0 Å². The number of nitrogens with zero attached hydrogens (tertiary/aromatic N) is 4. The number of pyridine rings is 1. The average molecular weight is 634 g/mol. The summed E-state index contributed by atoms with van der Waals surface area (Å²) in [6, 6.07) is 24.1. The Morgan fingerprint density at radius 1 is 1.07 bits per heavy atom. The van der Waals surface area contributed by atoms with Gasteiger partial charge in [-0.2, -0.15) is 5.26 Å². The molecule has 232 valence electrons. The Kier molecular flexibility index (Phi) is 7.54. The van der Waals surface area contributed by atoms with Crippen molar-refractivity contribution >= 4 is 43.5 Å². The number of hydrogen-bond acceptors (Lipinski definition) is 7. The zero-order chi connectivity index (χ0) is 32.9. The molecule has 0 saturated carbocycles. The van der Waals surface area contributed by atoms with E-state index in [1.54, 1.807) is 44.5 Å². The van der Waals surface area contributed by atoms with Crippen LogP contribution in [0.4, 0.5) is 5.69 Å². The van der Waals surface area contributed by atoms with Crippen LogP contribution in [-0.4, -0.2) is 51.3 Å². The summed E-state index contributed by atoms with van der Waals surface area (Å²) in [4.78, 5) is 18.4. The highest BCUT2D eigenvalue weighted by Crippen LogP contribution is 2.42. The molecule has 3 heterocycles. The summed E-state index contributed by atoms with van der Waals surface area (Å²) < 4.78 is 40.9. The van der Waals surface area contributed by atoms with Crippen molar-refractivity contribution in [3.63, 3.8) is 0 Å². The van der Waals surface area contributed by atoms with E-state index in [1.165, 1.54) is 11.4 Å². The Labute approximate surface area is 266 Å². The van der Waals surface area contributed by atoms with Gasteiger partial charge in [-0.25, -0.2) is 13.4 Å². The molecule has 3 aromatic heterocycles. The molecule has 0 fully saturated rings. The van der Waals surface area contributed by atoms with Gasteiger partial charge in [-0.05, 0) is 49.4 Å². The quantitative estimate of drug-likeness (QED) is 0.219. The number of aryl methyl sites for hydroxylation is 2. The van der Waals surface area contributed by atoms with E-state index in [2.05, 4.69) is 11.4 Å². The average Bonchev–Trinajstić information content (AvgIpc) is 3.59. The van der Waals surface area contributed by atoms with E-state index >= 15 is 0 Å². The molecule has 0 aliphatic carbocycles. The van der Waals surface area contributed by atoms with Gasteiger partial charge in [0.2, 0.25) is 10.0 Å². The highest BCUT2D eigenvalue weighted by Gasteiger charge is 2.27. The predicted molar refractivity (Wildman–Crippen MR) is 179 cm³/mol. The molecule has 0 aliphatic heterocycles. The number of sulfonamides is 1. The molecule has 1 amide bonds. The molecule has 3 aromatic carbocycles. The van der Waals surface area contributed by atoms with E-state index in [9.17, 15) is 18.5 Å². The summed E-state index contributed by atoms with van der Waals surface area (Å²) in [5.41, 5.74) is 6.37. The van der Waals surface area contributed by atoms with Gasteiger partial charge < -0.3 is 19.0 Å². The zero-order valence-electron chi connectivity index (χ0n) is 26.2. The van der Waals surface area contributed by atoms with Crippen molar-refractivity contribution in [1.82, 2.24) is 14.9 Å². The molecular formula is C35H31N5O5S. The van der Waals surface area contributed by atoms with Gasteiger partial charge in [0, 0.05) is 54.6 Å². The number of benzene rings is 3. The van der Waals surface area contributed by atoms with Crippen molar-refractivity contribution in [2.24, 2.45) is 7.05 Å². The minimum Gasteiger partial charge on any atom is -0.494 e. The molecule has 0 radical (unpaired) electrons. The SMILES string of the molecule is CNC(=O)c1c(-c2ccc(C)cc2)oc2cc(N(C)S(C)(=O)=O)c(-c3ccc(OC)c(-c4cc5cc(C#N)ccc5n4C)n3)cc12. The number of aromatic nitrogens is 2. The maximum atomic E-state index is 13.3. The molecule has 0 aliphatic rings. The second-order valence-corrected chi connectivity index (χ2v) is 13.1. The van der Waals surface area contributed by atoms with Gasteiger partial charge in [0.05, 0.1) is 47.6 Å². The fraction of sp³-hybridized carbons (Fsp3) is 0.171. The van der Waals surface area contributed by atoms with E-state index in [-0.39, 0.29) is 5.91 Å². The predicted octanol–water partition coefficient (Wildman–Crippen LogP) is 6.26. The molecule has 0 saturated heterocycles. The fourth-order valence-electron chi connectivity index (χ4n) is 5.63. The third-order valence-corrected chi connectivity index (χ3v) is 9.37. The number of fused-ring (bicyclic) bond motifs is 2. The van der Waals surface area contributed by atoms with Gasteiger partial charge in [-0.1, -0.05) is 29.8 Å². The summed E-state index contributed by atoms with van der Waals surface area (Å²) in [5.74, 6) is 0.528. The van der Waals surface area contributed by atoms with Crippen LogP contribution in [0.15, 0.2) is 77.2 Å². The molecule has 0 bridgehead atoms. The standard InChI is InChI=1S/C35H31N5O5S/c1-20-7-10-22(11-8-20)34-32(35(41)37-2)25-17-24(28(18-31(25)45-34)40(4)46(6,42)43)26-12-14-30(44-5)33(38-26)29-16-23-15-21(19-36)9-13-27(23)39(29)3/h7-18H,1-6H3,(H,37,41). The minimum atomic E-state index is -3.71. The van der Waals surface area contributed by atoms with Crippen molar-refractivity contribution in [3.05, 3.63) is 89.5 Å². The summed E-state index contributed by atoms with van der Waals surface area (Å²) in [5, 5.41) is 13.5. The molecule has 0 unspecified atom stereocenters. The number of nitrogens with one attached hydrogen (secondary N) is 1. The van der Waals surface area contributed by atoms with Gasteiger partial charge in [-0.15, -0.1) is 0 Å². The number of anilines is 1. The lowest BCUT2D eigenvalue weighted by atomic mass is 10.00. The number of carbonyl (C=O) groups is 1. The molecule has 6 aromatic rings. The molecule has 1 N–H and O–H groups in total. The second-order valence-electron chi connectivity index (χ2n) is 11.1. The third kappa shape index (κ3) is 5.12. The first-order chi connectivity index (χ1) is 21.9. The van der Waals surface area contributed by atoms with E-state index in [4.69, 9.17) is 14.1 Å². The van der Waals surface area contributed by atoms with Crippen molar-refractivity contribution in [2.75, 3.05) is 31.8 Å². The Balaban J connectivity index is 1.64. The molecule has 11 heteroatoms. The lowest BCUT2D eigenvalue weighted by Gasteiger charge is -2.21. The van der Waals surface area contributed by atoms with Gasteiger partial charge in [0.1, 0.15) is 22.8 Å². The van der Waals surface area contributed by atoms with Crippen LogP contribution in [-0.2, 0) is 17.1 Å². The van der Waals surface area contributed by atoms with E-state index in [0.717, 1.165) is 28.4 Å². The molecular weight excluding hydrogens is 602 g/mol. The monoisotopic (exact) mass is 633 g/mol. The second kappa shape index (κ2) is 11.4. The normalized spacial score (nSPS) is 11.5. The Bertz CT molecular complexity index is 2330. The summed E-state index contributed by atoms with van der Waals surface area (Å²) in [7, 11) is 2.76. The number of rotatable bonds is 7. The number of furan rings is 1. The molecule has 0 spiro atoms. The number of nitriles is 1. The first-order valence-electron chi connectivity index (χ1n) is 14.3. The van der Waals surface area contributed by atoms with Crippen LogP contribution in [0.2, 0.25) is 0 Å². The van der Waals surface area contributed by atoms with Gasteiger partial charge in [-0.3, -0.25) is 9.10 Å². The van der Waals surface area contributed by atoms with Crippen LogP contribution in [0, 0.1) is 18.3 Å². The Hall–Kier alpha value is -5.60. The number of methoxy groups -OCH3 is 1. The Morgan fingerprint density at radius 2 is 1.80 bits per heavy atom. The molecule has 0 atom stereocenters. The van der Waals surface area contributed by atoms with E-state index in [0.29, 0.717) is 61.8 Å². The summed E-state index contributed by atoms with van der Waals surface area (Å²) >= 11 is 0. The van der Waals surface area contributed by atoms with Gasteiger partial charge in [0.15, 0.2) is 0 Å². The number of amides is 1. The van der Waals surface area contributed by atoms with E-state index in [1.807, 2.05) is 61.0 Å².